The summed E-state index contributed by atoms with van der Waals surface area (Å²) in [6.07, 6.45) is 3.11. The number of carbonyl (C=O) groups excluding carboxylic acids is 1. The van der Waals surface area contributed by atoms with Crippen molar-refractivity contribution in [1.82, 2.24) is 19.4 Å². The molecule has 0 radical (unpaired) electrons. The molecule has 1 aliphatic heterocycles. The monoisotopic (exact) mass is 370 g/mol. The summed E-state index contributed by atoms with van der Waals surface area (Å²) < 4.78 is 2.99. The number of piperidine rings is 1. The molecule has 1 aliphatic rings. The second-order valence-electron chi connectivity index (χ2n) is 5.42. The third-order valence-electron chi connectivity index (χ3n) is 3.85. The number of carbonyl (C=O) groups is 1. The van der Waals surface area contributed by atoms with Crippen LogP contribution in [0.2, 0.25) is 0 Å². The molecule has 5 nitrogen and oxygen atoms in total. The zero-order valence-electron chi connectivity index (χ0n) is 11.9. The number of halogens is 2. The number of likely N-dealkylation sites (tertiary alicyclic amines) is 1. The third-order valence-corrected chi connectivity index (χ3v) is 4.48. The molecule has 0 bridgehead atoms. The number of hydrogen-bond donors (Lipinski definition) is 0. The lowest BCUT2D eigenvalue weighted by Gasteiger charge is -2.31. The molecule has 1 amide bonds. The van der Waals surface area contributed by atoms with Crippen LogP contribution in [0.5, 0.6) is 0 Å². The Kier molecular flexibility index (Phi) is 3.92. The Labute approximate surface area is 136 Å². The molecule has 2 aromatic heterocycles. The van der Waals surface area contributed by atoms with Gasteiger partial charge in [-0.05, 0) is 35.3 Å². The van der Waals surface area contributed by atoms with Gasteiger partial charge in [-0.25, -0.2) is 9.97 Å². The van der Waals surface area contributed by atoms with E-state index in [0.717, 1.165) is 27.9 Å². The number of rotatable bonds is 2. The lowest BCUT2D eigenvalue weighted by molar-refractivity contribution is -0.132. The Morgan fingerprint density at radius 3 is 2.95 bits per heavy atom. The number of pyridine rings is 1. The topological polar surface area (TPSA) is 51.0 Å². The molecule has 112 valence electrons. The molecule has 21 heavy (non-hydrogen) atoms. The fourth-order valence-corrected chi connectivity index (χ4v) is 3.29. The number of aromatic nitrogens is 3. The van der Waals surface area contributed by atoms with Gasteiger partial charge in [-0.2, -0.15) is 0 Å². The van der Waals surface area contributed by atoms with E-state index >= 15 is 0 Å². The van der Waals surface area contributed by atoms with Gasteiger partial charge in [0, 0.05) is 30.7 Å². The average molecular weight is 372 g/mol. The number of likely N-dealkylation sites (N-methyl/N-ethyl adjacent to an activating group) is 1. The maximum Gasteiger partial charge on any atom is 0.222 e. The first-order valence-corrected chi connectivity index (χ1v) is 8.11. The number of nitrogens with zero attached hydrogens (tertiary/aromatic N) is 4. The summed E-state index contributed by atoms with van der Waals surface area (Å²) in [7, 11) is 1.83. The van der Waals surface area contributed by atoms with Crippen molar-refractivity contribution in [3.05, 3.63) is 22.6 Å². The minimum atomic E-state index is -0.207. The van der Waals surface area contributed by atoms with Crippen LogP contribution in [0.25, 0.3) is 11.2 Å². The van der Waals surface area contributed by atoms with E-state index in [4.69, 9.17) is 11.6 Å². The van der Waals surface area contributed by atoms with Crippen LogP contribution in [0.1, 0.15) is 37.0 Å². The summed E-state index contributed by atoms with van der Waals surface area (Å²) in [6, 6.07) is 2.11. The maximum absolute atomic E-state index is 11.7. The number of imidazole rings is 1. The van der Waals surface area contributed by atoms with E-state index in [1.54, 1.807) is 11.1 Å². The van der Waals surface area contributed by atoms with Crippen LogP contribution in [0.15, 0.2) is 16.7 Å². The van der Waals surface area contributed by atoms with Crippen LogP contribution < -0.4 is 0 Å². The summed E-state index contributed by atoms with van der Waals surface area (Å²) in [6.45, 7) is 2.57. The van der Waals surface area contributed by atoms with E-state index in [1.807, 2.05) is 20.0 Å². The number of alkyl halides is 1. The van der Waals surface area contributed by atoms with Crippen molar-refractivity contribution in [1.29, 1.82) is 0 Å². The molecule has 1 saturated heterocycles. The van der Waals surface area contributed by atoms with Gasteiger partial charge in [-0.1, -0.05) is 0 Å². The molecular weight excluding hydrogens is 356 g/mol. The van der Waals surface area contributed by atoms with Crippen LogP contribution in [0, 0.1) is 0 Å². The number of fused-ring (bicyclic) bond motifs is 1. The van der Waals surface area contributed by atoms with E-state index in [0.29, 0.717) is 13.0 Å². The van der Waals surface area contributed by atoms with Crippen molar-refractivity contribution >= 4 is 44.6 Å². The average Bonchev–Trinajstić information content (AvgIpc) is 2.80. The highest BCUT2D eigenvalue weighted by Crippen LogP contribution is 2.32. The lowest BCUT2D eigenvalue weighted by atomic mass is 10.1. The van der Waals surface area contributed by atoms with Crippen molar-refractivity contribution < 1.29 is 4.79 Å². The van der Waals surface area contributed by atoms with Crippen LogP contribution in [-0.2, 0) is 4.79 Å². The highest BCUT2D eigenvalue weighted by molar-refractivity contribution is 9.10. The summed E-state index contributed by atoms with van der Waals surface area (Å²) in [5.74, 6) is 0.997. The van der Waals surface area contributed by atoms with Crippen LogP contribution in [0.3, 0.4) is 0 Å². The van der Waals surface area contributed by atoms with E-state index in [1.165, 1.54) is 0 Å². The van der Waals surface area contributed by atoms with Gasteiger partial charge < -0.3 is 9.47 Å². The quantitative estimate of drug-likeness (QED) is 0.761. The van der Waals surface area contributed by atoms with Crippen molar-refractivity contribution in [2.75, 3.05) is 13.6 Å². The minimum absolute atomic E-state index is 0.169. The Morgan fingerprint density at radius 2 is 2.29 bits per heavy atom. The standard InChI is InChI=1S/C14H16BrClN4O/c1-8(16)13-18-11-5-9(15)6-17-14(11)20(13)10-3-4-12(21)19(2)7-10/h5-6,8,10H,3-4,7H2,1-2H3. The summed E-state index contributed by atoms with van der Waals surface area (Å²) in [5, 5.41) is -0.207. The smallest absolute Gasteiger partial charge is 0.222 e. The predicted octanol–water partition coefficient (Wildman–Crippen LogP) is 3.29. The first-order chi connectivity index (χ1) is 9.97. The Morgan fingerprint density at radius 1 is 1.52 bits per heavy atom. The molecule has 3 heterocycles. The molecule has 0 N–H and O–H groups in total. The molecular formula is C14H16BrClN4O. The summed E-state index contributed by atoms with van der Waals surface area (Å²) >= 11 is 9.72. The van der Waals surface area contributed by atoms with E-state index in [-0.39, 0.29) is 17.3 Å². The van der Waals surface area contributed by atoms with Crippen molar-refractivity contribution in [3.63, 3.8) is 0 Å². The number of hydrogen-bond acceptors (Lipinski definition) is 3. The van der Waals surface area contributed by atoms with Gasteiger partial charge in [0.25, 0.3) is 0 Å². The lowest BCUT2D eigenvalue weighted by Crippen LogP contribution is -2.38. The zero-order valence-corrected chi connectivity index (χ0v) is 14.2. The normalized spacial score (nSPS) is 21.0. The van der Waals surface area contributed by atoms with Crippen LogP contribution in [-0.4, -0.2) is 38.9 Å². The maximum atomic E-state index is 11.7. The van der Waals surface area contributed by atoms with Gasteiger partial charge in [0.1, 0.15) is 11.3 Å². The van der Waals surface area contributed by atoms with E-state index < -0.39 is 0 Å². The Balaban J connectivity index is 2.11. The molecule has 0 aliphatic carbocycles. The second-order valence-corrected chi connectivity index (χ2v) is 6.99. The SMILES string of the molecule is CC(Cl)c1nc2cc(Br)cnc2n1C1CCC(=O)N(C)C1. The fourth-order valence-electron chi connectivity index (χ4n) is 2.82. The Hall–Kier alpha value is -1.14. The van der Waals surface area contributed by atoms with Gasteiger partial charge >= 0.3 is 0 Å². The first kappa shape index (κ1) is 14.8. The van der Waals surface area contributed by atoms with Crippen molar-refractivity contribution in [2.45, 2.75) is 31.2 Å². The second kappa shape index (κ2) is 5.57. The largest absolute Gasteiger partial charge is 0.344 e. The predicted molar refractivity (Wildman–Crippen MR) is 85.4 cm³/mol. The van der Waals surface area contributed by atoms with Crippen LogP contribution >= 0.6 is 27.5 Å². The molecule has 3 rings (SSSR count). The van der Waals surface area contributed by atoms with Crippen molar-refractivity contribution in [2.24, 2.45) is 0 Å². The van der Waals surface area contributed by atoms with E-state index in [9.17, 15) is 4.79 Å². The fraction of sp³-hybridized carbons (Fsp3) is 0.500. The molecule has 2 unspecified atom stereocenters. The van der Waals surface area contributed by atoms with Crippen molar-refractivity contribution in [3.8, 4) is 0 Å². The zero-order chi connectivity index (χ0) is 15.1. The molecule has 0 saturated carbocycles. The highest BCUT2D eigenvalue weighted by atomic mass is 79.9. The van der Waals surface area contributed by atoms with Gasteiger partial charge in [0.05, 0.1) is 11.4 Å². The van der Waals surface area contributed by atoms with Gasteiger partial charge in [0.15, 0.2) is 5.65 Å². The Bertz CT molecular complexity index is 700. The summed E-state index contributed by atoms with van der Waals surface area (Å²) in [4.78, 5) is 22.6. The van der Waals surface area contributed by atoms with Gasteiger partial charge in [-0.3, -0.25) is 4.79 Å². The molecule has 1 fully saturated rings. The van der Waals surface area contributed by atoms with Gasteiger partial charge in [0.2, 0.25) is 5.91 Å². The molecule has 2 aromatic rings. The van der Waals surface area contributed by atoms with Gasteiger partial charge in [-0.15, -0.1) is 11.6 Å². The summed E-state index contributed by atoms with van der Waals surface area (Å²) in [5.41, 5.74) is 1.65. The molecule has 2 atom stereocenters. The molecule has 7 heteroatoms. The highest BCUT2D eigenvalue weighted by Gasteiger charge is 2.28. The first-order valence-electron chi connectivity index (χ1n) is 6.88. The number of amides is 1. The van der Waals surface area contributed by atoms with E-state index in [2.05, 4.69) is 30.5 Å². The molecule has 0 spiro atoms. The third kappa shape index (κ3) is 2.66. The minimum Gasteiger partial charge on any atom is -0.344 e. The van der Waals surface area contributed by atoms with Crippen LogP contribution in [0.4, 0.5) is 0 Å². The molecule has 0 aromatic carbocycles.